The molecular weight excluding hydrogens is 487 g/mol. The lowest BCUT2D eigenvalue weighted by atomic mass is 9.89. The van der Waals surface area contributed by atoms with Crippen LogP contribution >= 0.6 is 0 Å². The first-order valence-corrected chi connectivity index (χ1v) is 11.4. The van der Waals surface area contributed by atoms with Crippen LogP contribution in [0.25, 0.3) is 0 Å². The number of rotatable bonds is 7. The maximum absolute atomic E-state index is 13.0. The normalized spacial score (nSPS) is 17.5. The molecule has 0 saturated carbocycles. The van der Waals surface area contributed by atoms with Gasteiger partial charge in [-0.05, 0) is 36.2 Å². The molecule has 2 N–H and O–H groups in total. The minimum Gasteiger partial charge on any atom is -0.487 e. The van der Waals surface area contributed by atoms with E-state index < -0.39 is 23.7 Å². The third-order valence-electron chi connectivity index (χ3n) is 5.83. The fourth-order valence-electron chi connectivity index (χ4n) is 3.99. The Morgan fingerprint density at radius 2 is 1.41 bits per heavy atom. The highest BCUT2D eigenvalue weighted by Gasteiger charge is 2.42. The number of halogens is 3. The minimum absolute atomic E-state index is 0.0648. The Kier molecular flexibility index (Phi) is 9.08. The van der Waals surface area contributed by atoms with E-state index in [1.807, 2.05) is 36.4 Å². The number of nitrogens with zero attached hydrogens (tertiary/aromatic N) is 1. The summed E-state index contributed by atoms with van der Waals surface area (Å²) in [4.78, 5) is 21.4. The first kappa shape index (κ1) is 27.5. The van der Waals surface area contributed by atoms with Crippen molar-refractivity contribution in [1.29, 1.82) is 0 Å². The molecule has 9 heteroatoms. The maximum atomic E-state index is 13.0. The Hall–Kier alpha value is -4.11. The fourth-order valence-corrected chi connectivity index (χ4v) is 3.99. The summed E-state index contributed by atoms with van der Waals surface area (Å²) in [6, 6.07) is 25.7. The summed E-state index contributed by atoms with van der Waals surface area (Å²) in [7, 11) is 0. The molecule has 1 aliphatic rings. The van der Waals surface area contributed by atoms with Crippen molar-refractivity contribution >= 4 is 11.9 Å². The molecule has 0 amide bonds. The number of hydrogen-bond donors (Lipinski definition) is 2. The fraction of sp³-hybridized carbons (Fsp3) is 0.214. The van der Waals surface area contributed by atoms with E-state index in [-0.39, 0.29) is 23.9 Å². The van der Waals surface area contributed by atoms with Crippen molar-refractivity contribution in [3.05, 3.63) is 114 Å². The Bertz CT molecular complexity index is 1160. The molecule has 4 rings (SSSR count). The number of benzene rings is 3. The summed E-state index contributed by atoms with van der Waals surface area (Å²) in [6.07, 6.45) is -3.42. The van der Waals surface area contributed by atoms with Gasteiger partial charge in [-0.1, -0.05) is 66.7 Å². The number of ether oxygens (including phenoxy) is 1. The summed E-state index contributed by atoms with van der Waals surface area (Å²) in [5.41, 5.74) is 1.68. The van der Waals surface area contributed by atoms with Gasteiger partial charge < -0.3 is 14.9 Å². The molecule has 3 aromatic rings. The zero-order valence-corrected chi connectivity index (χ0v) is 19.9. The SMILES string of the molecule is CC1C(Oc2cccc(C(F)(F)F)c2)CN1C(c1ccccc1)c1ccccc1.O=C(O)C=CC(=O)O. The monoisotopic (exact) mass is 513 g/mol. The molecule has 6 nitrogen and oxygen atoms in total. The standard InChI is InChI=1S/C24H22F3NO.C4H4O4/c1-17-22(29-21-14-8-13-20(15-21)24(25,26)27)16-28(17)23(18-9-4-2-5-10-18)19-11-6-3-7-12-19;5-3(6)1-2-4(7)8/h2-15,17,22-23H,16H2,1H3;1-2H,(H,5,6)(H,7,8). The number of carboxylic acid groups (broad SMARTS) is 2. The molecule has 0 aliphatic carbocycles. The van der Waals surface area contributed by atoms with Gasteiger partial charge in [-0.15, -0.1) is 0 Å². The summed E-state index contributed by atoms with van der Waals surface area (Å²) < 4.78 is 44.8. The lowest BCUT2D eigenvalue weighted by molar-refractivity contribution is -0.138. The molecule has 1 fully saturated rings. The van der Waals surface area contributed by atoms with Gasteiger partial charge in [-0.3, -0.25) is 4.90 Å². The Morgan fingerprint density at radius 3 is 1.84 bits per heavy atom. The van der Waals surface area contributed by atoms with Crippen LogP contribution in [0, 0.1) is 0 Å². The molecule has 1 saturated heterocycles. The molecule has 2 atom stereocenters. The number of carboxylic acids is 2. The van der Waals surface area contributed by atoms with Crippen LogP contribution in [0.2, 0.25) is 0 Å². The van der Waals surface area contributed by atoms with Crippen molar-refractivity contribution in [2.24, 2.45) is 0 Å². The lowest BCUT2D eigenvalue weighted by Crippen LogP contribution is -2.62. The third kappa shape index (κ3) is 7.68. The Balaban J connectivity index is 0.000000414. The first-order chi connectivity index (χ1) is 17.6. The van der Waals surface area contributed by atoms with Gasteiger partial charge in [-0.2, -0.15) is 13.2 Å². The molecule has 0 spiro atoms. The van der Waals surface area contributed by atoms with Crippen LogP contribution < -0.4 is 4.74 Å². The summed E-state index contributed by atoms with van der Waals surface area (Å²) in [6.45, 7) is 2.70. The van der Waals surface area contributed by atoms with Gasteiger partial charge in [0.15, 0.2) is 0 Å². The predicted octanol–water partition coefficient (Wildman–Crippen LogP) is 5.66. The van der Waals surface area contributed by atoms with Gasteiger partial charge in [0.2, 0.25) is 0 Å². The zero-order valence-electron chi connectivity index (χ0n) is 19.9. The molecule has 2 unspecified atom stereocenters. The van der Waals surface area contributed by atoms with Crippen LogP contribution in [0.15, 0.2) is 97.1 Å². The van der Waals surface area contributed by atoms with E-state index in [0.717, 1.165) is 12.1 Å². The molecule has 0 radical (unpaired) electrons. The van der Waals surface area contributed by atoms with E-state index in [1.54, 1.807) is 6.07 Å². The Labute approximate surface area is 212 Å². The van der Waals surface area contributed by atoms with Crippen LogP contribution in [0.3, 0.4) is 0 Å². The quantitative estimate of drug-likeness (QED) is 0.397. The van der Waals surface area contributed by atoms with Crippen molar-refractivity contribution in [1.82, 2.24) is 4.90 Å². The molecule has 1 heterocycles. The molecule has 3 aromatic carbocycles. The second-order valence-electron chi connectivity index (χ2n) is 8.35. The summed E-state index contributed by atoms with van der Waals surface area (Å²) >= 11 is 0. The van der Waals surface area contributed by atoms with Crippen molar-refractivity contribution < 1.29 is 37.7 Å². The van der Waals surface area contributed by atoms with Crippen molar-refractivity contribution in [3.63, 3.8) is 0 Å². The highest BCUT2D eigenvalue weighted by atomic mass is 19.4. The molecule has 0 bridgehead atoms. The van der Waals surface area contributed by atoms with Crippen molar-refractivity contribution in [2.75, 3.05) is 6.54 Å². The minimum atomic E-state index is -4.37. The van der Waals surface area contributed by atoms with Gasteiger partial charge in [0, 0.05) is 24.7 Å². The molecule has 194 valence electrons. The van der Waals surface area contributed by atoms with E-state index in [4.69, 9.17) is 14.9 Å². The van der Waals surface area contributed by atoms with E-state index in [1.165, 1.54) is 17.2 Å². The predicted molar refractivity (Wildman–Crippen MR) is 131 cm³/mol. The molecular formula is C28H26F3NO5. The van der Waals surface area contributed by atoms with E-state index in [2.05, 4.69) is 36.1 Å². The van der Waals surface area contributed by atoms with Crippen LogP contribution in [-0.2, 0) is 15.8 Å². The van der Waals surface area contributed by atoms with E-state index >= 15 is 0 Å². The average Bonchev–Trinajstić information content (AvgIpc) is 2.88. The topological polar surface area (TPSA) is 87.1 Å². The Morgan fingerprint density at radius 1 is 0.892 bits per heavy atom. The number of aliphatic carboxylic acids is 2. The third-order valence-corrected chi connectivity index (χ3v) is 5.83. The number of likely N-dealkylation sites (tertiary alicyclic amines) is 1. The van der Waals surface area contributed by atoms with Gasteiger partial charge in [-0.25, -0.2) is 9.59 Å². The highest BCUT2D eigenvalue weighted by molar-refractivity contribution is 5.89. The second-order valence-corrected chi connectivity index (χ2v) is 8.35. The number of carbonyl (C=O) groups is 2. The maximum Gasteiger partial charge on any atom is 0.416 e. The van der Waals surface area contributed by atoms with E-state index in [9.17, 15) is 22.8 Å². The summed E-state index contributed by atoms with van der Waals surface area (Å²) in [5.74, 6) is -2.26. The van der Waals surface area contributed by atoms with Crippen LogP contribution in [0.4, 0.5) is 13.2 Å². The van der Waals surface area contributed by atoms with Crippen LogP contribution in [-0.4, -0.2) is 45.7 Å². The molecule has 0 aromatic heterocycles. The highest BCUT2D eigenvalue weighted by Crippen LogP contribution is 2.38. The lowest BCUT2D eigenvalue weighted by Gasteiger charge is -2.50. The van der Waals surface area contributed by atoms with Crippen LogP contribution in [0.5, 0.6) is 5.75 Å². The van der Waals surface area contributed by atoms with Gasteiger partial charge in [0.05, 0.1) is 11.6 Å². The van der Waals surface area contributed by atoms with Crippen LogP contribution in [0.1, 0.15) is 29.7 Å². The van der Waals surface area contributed by atoms with Gasteiger partial charge >= 0.3 is 18.1 Å². The van der Waals surface area contributed by atoms with Crippen molar-refractivity contribution in [2.45, 2.75) is 31.3 Å². The summed E-state index contributed by atoms with van der Waals surface area (Å²) in [5, 5.41) is 15.6. The number of hydrogen-bond acceptors (Lipinski definition) is 4. The van der Waals surface area contributed by atoms with E-state index in [0.29, 0.717) is 18.7 Å². The van der Waals surface area contributed by atoms with Crippen molar-refractivity contribution in [3.8, 4) is 5.75 Å². The average molecular weight is 514 g/mol. The largest absolute Gasteiger partial charge is 0.487 e. The van der Waals surface area contributed by atoms with Gasteiger partial charge in [0.1, 0.15) is 11.9 Å². The zero-order chi connectivity index (χ0) is 27.0. The number of alkyl halides is 3. The van der Waals surface area contributed by atoms with Gasteiger partial charge in [0.25, 0.3) is 0 Å². The molecule has 1 aliphatic heterocycles. The second kappa shape index (κ2) is 12.2. The smallest absolute Gasteiger partial charge is 0.416 e. The first-order valence-electron chi connectivity index (χ1n) is 11.4. The molecule has 37 heavy (non-hydrogen) atoms.